The molecule has 2 fully saturated rings. The van der Waals surface area contributed by atoms with Crippen molar-refractivity contribution in [3.05, 3.63) is 65.2 Å². The largest absolute Gasteiger partial charge is 0.330 e. The van der Waals surface area contributed by atoms with E-state index < -0.39 is 10.0 Å². The molecule has 0 aromatic heterocycles. The molecule has 1 unspecified atom stereocenters. The van der Waals surface area contributed by atoms with Crippen LogP contribution < -0.4 is 5.32 Å². The minimum atomic E-state index is -3.43. The number of rotatable bonds is 4. The monoisotopic (exact) mass is 439 g/mol. The van der Waals surface area contributed by atoms with E-state index in [2.05, 4.69) is 17.4 Å². The van der Waals surface area contributed by atoms with Gasteiger partial charge in [-0.3, -0.25) is 4.79 Å². The van der Waals surface area contributed by atoms with Crippen LogP contribution in [0.1, 0.15) is 53.1 Å². The molecule has 5 rings (SSSR count). The molecule has 3 heterocycles. The van der Waals surface area contributed by atoms with Gasteiger partial charge in [0.25, 0.3) is 5.91 Å². The summed E-state index contributed by atoms with van der Waals surface area (Å²) in [5, 5.41) is 3.40. The summed E-state index contributed by atoms with van der Waals surface area (Å²) in [5.41, 5.74) is 3.18. The quantitative estimate of drug-likeness (QED) is 0.795. The number of amides is 1. The number of carbonyl (C=O) groups excluding carboxylic acids is 1. The van der Waals surface area contributed by atoms with E-state index >= 15 is 0 Å². The van der Waals surface area contributed by atoms with Gasteiger partial charge >= 0.3 is 0 Å². The molecular weight excluding hydrogens is 410 g/mol. The predicted octanol–water partition coefficient (Wildman–Crippen LogP) is 2.96. The van der Waals surface area contributed by atoms with Gasteiger partial charge in [-0.05, 0) is 67.5 Å². The first-order chi connectivity index (χ1) is 15.0. The molecule has 0 saturated carbocycles. The molecule has 1 amide bonds. The molecule has 3 aliphatic heterocycles. The number of nitrogens with zero attached hydrogens (tertiary/aromatic N) is 2. The van der Waals surface area contributed by atoms with E-state index in [-0.39, 0.29) is 11.9 Å². The van der Waals surface area contributed by atoms with Crippen LogP contribution in [0.25, 0.3) is 0 Å². The van der Waals surface area contributed by atoms with Crippen molar-refractivity contribution in [2.75, 3.05) is 26.2 Å². The van der Waals surface area contributed by atoms with Crippen LogP contribution in [0.5, 0.6) is 0 Å². The average Bonchev–Trinajstić information content (AvgIpc) is 3.16. The Morgan fingerprint density at radius 3 is 2.45 bits per heavy atom. The van der Waals surface area contributed by atoms with Crippen LogP contribution in [0, 0.1) is 0 Å². The fraction of sp³-hybridized carbons (Fsp3) is 0.458. The van der Waals surface area contributed by atoms with E-state index in [0.29, 0.717) is 30.4 Å². The Kier molecular flexibility index (Phi) is 5.58. The summed E-state index contributed by atoms with van der Waals surface area (Å²) >= 11 is 0. The van der Waals surface area contributed by atoms with Gasteiger partial charge in [-0.15, -0.1) is 0 Å². The number of sulfonamides is 1. The van der Waals surface area contributed by atoms with Crippen LogP contribution in [-0.4, -0.2) is 55.8 Å². The Balaban J connectivity index is 1.27. The number of hydrogen-bond acceptors (Lipinski definition) is 4. The van der Waals surface area contributed by atoms with E-state index in [0.717, 1.165) is 49.9 Å². The van der Waals surface area contributed by atoms with Crippen LogP contribution in [0.3, 0.4) is 0 Å². The van der Waals surface area contributed by atoms with Crippen molar-refractivity contribution in [1.82, 2.24) is 14.5 Å². The third-order valence-electron chi connectivity index (χ3n) is 6.98. The summed E-state index contributed by atoms with van der Waals surface area (Å²) in [5.74, 6) is 0.479. The number of fused-ring (bicyclic) bond motifs is 1. The molecule has 1 N–H and O–H groups in total. The lowest BCUT2D eigenvalue weighted by Gasteiger charge is -2.31. The Morgan fingerprint density at radius 1 is 0.968 bits per heavy atom. The number of hydrogen-bond donors (Lipinski definition) is 1. The minimum absolute atomic E-state index is 0.152. The third kappa shape index (κ3) is 3.90. The summed E-state index contributed by atoms with van der Waals surface area (Å²) in [6.45, 7) is 3.65. The Labute approximate surface area is 184 Å². The van der Waals surface area contributed by atoms with Crippen molar-refractivity contribution in [1.29, 1.82) is 0 Å². The average molecular weight is 440 g/mol. The van der Waals surface area contributed by atoms with Crippen LogP contribution in [0.2, 0.25) is 0 Å². The van der Waals surface area contributed by atoms with E-state index in [1.165, 1.54) is 5.56 Å². The zero-order valence-corrected chi connectivity index (χ0v) is 18.5. The SMILES string of the molecule is O=C1c2ccc(C3CCN(S(=O)(=O)c4ccccc4)CC3)cc2CN1C1CCCNC1. The maximum absolute atomic E-state index is 12.9. The Hall–Kier alpha value is -2.22. The van der Waals surface area contributed by atoms with Crippen molar-refractivity contribution >= 4 is 15.9 Å². The number of carbonyl (C=O) groups is 1. The van der Waals surface area contributed by atoms with Gasteiger partial charge < -0.3 is 10.2 Å². The van der Waals surface area contributed by atoms with Crippen molar-refractivity contribution < 1.29 is 13.2 Å². The first-order valence-electron chi connectivity index (χ1n) is 11.2. The zero-order chi connectivity index (χ0) is 21.4. The van der Waals surface area contributed by atoms with Crippen molar-refractivity contribution in [2.24, 2.45) is 0 Å². The van der Waals surface area contributed by atoms with Gasteiger partial charge in [0, 0.05) is 37.8 Å². The second-order valence-corrected chi connectivity index (χ2v) is 10.8. The summed E-state index contributed by atoms with van der Waals surface area (Å²) < 4.78 is 27.4. The van der Waals surface area contributed by atoms with Crippen LogP contribution in [0.4, 0.5) is 0 Å². The van der Waals surface area contributed by atoms with Gasteiger partial charge in [-0.1, -0.05) is 30.3 Å². The van der Waals surface area contributed by atoms with E-state index in [9.17, 15) is 13.2 Å². The maximum atomic E-state index is 12.9. The van der Waals surface area contributed by atoms with Crippen molar-refractivity contribution in [3.8, 4) is 0 Å². The van der Waals surface area contributed by atoms with Crippen molar-refractivity contribution in [3.63, 3.8) is 0 Å². The van der Waals surface area contributed by atoms with Crippen molar-refractivity contribution in [2.45, 2.75) is 49.1 Å². The first-order valence-corrected chi connectivity index (χ1v) is 12.7. The molecule has 6 nitrogen and oxygen atoms in total. The third-order valence-corrected chi connectivity index (χ3v) is 8.89. The van der Waals surface area contributed by atoms with Gasteiger partial charge in [-0.2, -0.15) is 4.31 Å². The standard InChI is InChI=1S/C24H29N3O3S/c28-24-23-9-8-19(15-20(23)17-27(24)21-5-4-12-25-16-21)18-10-13-26(14-11-18)31(29,30)22-6-2-1-3-7-22/h1-3,6-9,15,18,21,25H,4-5,10-14,16-17H2. The van der Waals surface area contributed by atoms with E-state index in [1.54, 1.807) is 28.6 Å². The molecule has 3 aliphatic rings. The molecule has 2 aromatic rings. The summed E-state index contributed by atoms with van der Waals surface area (Å²) in [6, 6.07) is 15.2. The smallest absolute Gasteiger partial charge is 0.254 e. The van der Waals surface area contributed by atoms with Gasteiger partial charge in [0.05, 0.1) is 4.90 Å². The molecule has 0 aliphatic carbocycles. The van der Waals surface area contributed by atoms with Gasteiger partial charge in [0.15, 0.2) is 0 Å². The fourth-order valence-electron chi connectivity index (χ4n) is 5.18. The fourth-order valence-corrected chi connectivity index (χ4v) is 6.67. The molecule has 164 valence electrons. The Bertz CT molecular complexity index is 1060. The number of nitrogens with one attached hydrogen (secondary N) is 1. The van der Waals surface area contributed by atoms with E-state index in [4.69, 9.17) is 0 Å². The summed E-state index contributed by atoms with van der Waals surface area (Å²) in [4.78, 5) is 15.3. The van der Waals surface area contributed by atoms with Crippen LogP contribution in [0.15, 0.2) is 53.4 Å². The summed E-state index contributed by atoms with van der Waals surface area (Å²) in [7, 11) is -3.43. The topological polar surface area (TPSA) is 69.7 Å². The van der Waals surface area contributed by atoms with Gasteiger partial charge in [0.1, 0.15) is 0 Å². The van der Waals surface area contributed by atoms with Gasteiger partial charge in [0.2, 0.25) is 10.0 Å². The lowest BCUT2D eigenvalue weighted by Crippen LogP contribution is -2.46. The molecule has 0 spiro atoms. The highest BCUT2D eigenvalue weighted by Crippen LogP contribution is 2.34. The highest BCUT2D eigenvalue weighted by molar-refractivity contribution is 7.89. The van der Waals surface area contributed by atoms with Crippen LogP contribution in [-0.2, 0) is 16.6 Å². The lowest BCUT2D eigenvalue weighted by atomic mass is 9.88. The second-order valence-electron chi connectivity index (χ2n) is 8.84. The number of piperidine rings is 2. The lowest BCUT2D eigenvalue weighted by molar-refractivity contribution is 0.0674. The molecule has 31 heavy (non-hydrogen) atoms. The van der Waals surface area contributed by atoms with E-state index in [1.807, 2.05) is 17.0 Å². The zero-order valence-electron chi connectivity index (χ0n) is 17.7. The molecule has 0 radical (unpaired) electrons. The molecule has 7 heteroatoms. The van der Waals surface area contributed by atoms with Crippen LogP contribution >= 0.6 is 0 Å². The predicted molar refractivity (Wildman–Crippen MR) is 119 cm³/mol. The molecule has 2 saturated heterocycles. The molecule has 0 bridgehead atoms. The minimum Gasteiger partial charge on any atom is -0.330 e. The molecule has 2 aromatic carbocycles. The number of benzene rings is 2. The normalized spacial score (nSPS) is 23.2. The highest BCUT2D eigenvalue weighted by atomic mass is 32.2. The molecule has 1 atom stereocenters. The molecular formula is C24H29N3O3S. The van der Waals surface area contributed by atoms with Gasteiger partial charge in [-0.25, -0.2) is 8.42 Å². The summed E-state index contributed by atoms with van der Waals surface area (Å²) in [6.07, 6.45) is 3.78. The highest BCUT2D eigenvalue weighted by Gasteiger charge is 2.35. The first kappa shape index (κ1) is 20.7. The Morgan fingerprint density at radius 2 is 1.74 bits per heavy atom. The second kappa shape index (κ2) is 8.37. The maximum Gasteiger partial charge on any atom is 0.254 e.